The molecule has 4 saturated carbocycles. The van der Waals surface area contributed by atoms with Crippen LogP contribution in [-0.2, 0) is 14.2 Å². The monoisotopic (exact) mass is 627 g/mol. The Morgan fingerprint density at radius 3 is 0.978 bits per heavy atom. The summed E-state index contributed by atoms with van der Waals surface area (Å²) in [6.45, 7) is 11.2. The summed E-state index contributed by atoms with van der Waals surface area (Å²) >= 11 is 0. The third kappa shape index (κ3) is 11.2. The van der Waals surface area contributed by atoms with Gasteiger partial charge < -0.3 is 14.2 Å². The molecule has 0 saturated heterocycles. The van der Waals surface area contributed by atoms with Crippen molar-refractivity contribution in [3.05, 3.63) is 24.3 Å². The molecule has 0 aromatic rings. The molecule has 3 heteroatoms. The van der Waals surface area contributed by atoms with Crippen molar-refractivity contribution in [3.8, 4) is 0 Å². The van der Waals surface area contributed by atoms with Crippen LogP contribution in [0.2, 0.25) is 0 Å². The molecule has 4 aliphatic carbocycles. The van der Waals surface area contributed by atoms with Crippen LogP contribution in [0, 0.1) is 47.3 Å². The molecule has 0 aromatic carbocycles. The minimum absolute atomic E-state index is 0.188. The topological polar surface area (TPSA) is 27.7 Å². The van der Waals surface area contributed by atoms with E-state index >= 15 is 0 Å². The number of allylic oxidation sites excluding steroid dienone is 2. The molecule has 0 aromatic heterocycles. The standard InChI is InChI=1S/C42H74O3/c1-7-29-41(3,39-25-21-35(22-26-39)11-9-33-13-17-37(18-14-33)31-43-5)45-42(4,30-8-2)40-27-23-36(24-28-40)12-10-34-15-19-38(20-16-34)32-44-6/h7-8,29-30,33-40H,9-28,31-32H2,1-6H3. The summed E-state index contributed by atoms with van der Waals surface area (Å²) in [6.07, 6.45) is 37.2. The number of methoxy groups -OCH3 is 2. The molecule has 2 atom stereocenters. The quantitative estimate of drug-likeness (QED) is 0.160. The lowest BCUT2D eigenvalue weighted by Crippen LogP contribution is -2.49. The number of rotatable bonds is 16. The van der Waals surface area contributed by atoms with Crippen molar-refractivity contribution in [3.63, 3.8) is 0 Å². The van der Waals surface area contributed by atoms with Crippen molar-refractivity contribution in [2.45, 2.75) is 167 Å². The Hall–Kier alpha value is -0.640. The van der Waals surface area contributed by atoms with Gasteiger partial charge in [-0.1, -0.05) is 101 Å². The van der Waals surface area contributed by atoms with Crippen LogP contribution in [0.15, 0.2) is 24.3 Å². The van der Waals surface area contributed by atoms with Crippen molar-refractivity contribution in [1.82, 2.24) is 0 Å². The summed E-state index contributed by atoms with van der Waals surface area (Å²) in [5, 5.41) is 0. The molecule has 260 valence electrons. The predicted molar refractivity (Wildman–Crippen MR) is 192 cm³/mol. The van der Waals surface area contributed by atoms with E-state index < -0.39 is 0 Å². The summed E-state index contributed by atoms with van der Waals surface area (Å²) in [7, 11) is 3.72. The minimum Gasteiger partial charge on any atom is -0.384 e. The van der Waals surface area contributed by atoms with E-state index in [0.717, 1.165) is 48.7 Å². The molecule has 45 heavy (non-hydrogen) atoms. The Balaban J connectivity index is 1.23. The van der Waals surface area contributed by atoms with Crippen LogP contribution in [0.25, 0.3) is 0 Å². The molecule has 4 fully saturated rings. The van der Waals surface area contributed by atoms with Crippen LogP contribution >= 0.6 is 0 Å². The van der Waals surface area contributed by atoms with E-state index in [1.165, 1.54) is 128 Å². The average Bonchev–Trinajstić information content (AvgIpc) is 3.05. The number of hydrogen-bond donors (Lipinski definition) is 0. The Morgan fingerprint density at radius 2 is 0.711 bits per heavy atom. The van der Waals surface area contributed by atoms with Gasteiger partial charge in [0.2, 0.25) is 0 Å². The maximum Gasteiger partial charge on any atom is 0.0874 e. The normalized spacial score (nSPS) is 36.2. The van der Waals surface area contributed by atoms with Gasteiger partial charge in [-0.3, -0.25) is 0 Å². The van der Waals surface area contributed by atoms with E-state index in [4.69, 9.17) is 14.2 Å². The SMILES string of the molecule is CC=CC(C)(OC(C)(C=CC)C1CCC(CCC2CCC(COC)CC2)CC1)C1CCC(CCC2CCC(COC)CC2)CC1. The summed E-state index contributed by atoms with van der Waals surface area (Å²) in [6, 6.07) is 0. The van der Waals surface area contributed by atoms with Crippen LogP contribution in [-0.4, -0.2) is 38.6 Å². The lowest BCUT2D eigenvalue weighted by Gasteiger charge is -2.48. The first kappa shape index (κ1) is 37.2. The maximum absolute atomic E-state index is 7.43. The summed E-state index contributed by atoms with van der Waals surface area (Å²) in [5.41, 5.74) is -0.377. The van der Waals surface area contributed by atoms with Gasteiger partial charge in [-0.05, 0) is 126 Å². The fourth-order valence-corrected chi connectivity index (χ4v) is 10.5. The highest BCUT2D eigenvalue weighted by Gasteiger charge is 2.44. The number of ether oxygens (including phenoxy) is 3. The van der Waals surface area contributed by atoms with Crippen LogP contribution in [0.1, 0.15) is 156 Å². The van der Waals surface area contributed by atoms with Gasteiger partial charge >= 0.3 is 0 Å². The Labute approximate surface area is 280 Å². The Morgan fingerprint density at radius 1 is 0.444 bits per heavy atom. The van der Waals surface area contributed by atoms with Crippen LogP contribution in [0.5, 0.6) is 0 Å². The van der Waals surface area contributed by atoms with Crippen molar-refractivity contribution in [1.29, 1.82) is 0 Å². The average molecular weight is 627 g/mol. The van der Waals surface area contributed by atoms with E-state index in [1.807, 2.05) is 14.2 Å². The van der Waals surface area contributed by atoms with Crippen molar-refractivity contribution < 1.29 is 14.2 Å². The lowest BCUT2D eigenvalue weighted by molar-refractivity contribution is -0.155. The molecule has 0 amide bonds. The smallest absolute Gasteiger partial charge is 0.0874 e. The second-order valence-electron chi connectivity index (χ2n) is 16.7. The zero-order chi connectivity index (χ0) is 32.1. The summed E-state index contributed by atoms with van der Waals surface area (Å²) in [4.78, 5) is 0. The van der Waals surface area contributed by atoms with E-state index in [2.05, 4.69) is 52.0 Å². The molecule has 0 N–H and O–H groups in total. The molecule has 0 bridgehead atoms. The van der Waals surface area contributed by atoms with Crippen molar-refractivity contribution in [2.75, 3.05) is 27.4 Å². The van der Waals surface area contributed by atoms with E-state index in [9.17, 15) is 0 Å². The van der Waals surface area contributed by atoms with Gasteiger partial charge in [-0.2, -0.15) is 0 Å². The maximum atomic E-state index is 7.43. The first-order valence-corrected chi connectivity index (χ1v) is 19.8. The molecular weight excluding hydrogens is 552 g/mol. The summed E-state index contributed by atoms with van der Waals surface area (Å²) in [5.74, 6) is 6.64. The first-order chi connectivity index (χ1) is 21.8. The van der Waals surface area contributed by atoms with Gasteiger partial charge in [0.15, 0.2) is 0 Å². The zero-order valence-electron chi connectivity index (χ0n) is 30.7. The van der Waals surface area contributed by atoms with Gasteiger partial charge in [0, 0.05) is 27.4 Å². The number of hydrogen-bond acceptors (Lipinski definition) is 3. The van der Waals surface area contributed by atoms with Crippen LogP contribution in [0.3, 0.4) is 0 Å². The highest BCUT2D eigenvalue weighted by molar-refractivity contribution is 5.10. The van der Waals surface area contributed by atoms with Crippen LogP contribution in [0.4, 0.5) is 0 Å². The molecule has 4 rings (SSSR count). The van der Waals surface area contributed by atoms with E-state index in [0.29, 0.717) is 11.8 Å². The fraction of sp³-hybridized carbons (Fsp3) is 0.905. The largest absolute Gasteiger partial charge is 0.384 e. The van der Waals surface area contributed by atoms with Crippen molar-refractivity contribution >= 4 is 0 Å². The van der Waals surface area contributed by atoms with E-state index in [1.54, 1.807) is 0 Å². The van der Waals surface area contributed by atoms with Gasteiger partial charge in [0.1, 0.15) is 0 Å². The highest BCUT2D eigenvalue weighted by atomic mass is 16.5. The second kappa shape index (κ2) is 18.8. The van der Waals surface area contributed by atoms with Gasteiger partial charge in [-0.15, -0.1) is 0 Å². The minimum atomic E-state index is -0.188. The third-order valence-electron chi connectivity index (χ3n) is 13.5. The third-order valence-corrected chi connectivity index (χ3v) is 13.5. The van der Waals surface area contributed by atoms with Crippen molar-refractivity contribution in [2.24, 2.45) is 47.3 Å². The fourth-order valence-electron chi connectivity index (χ4n) is 10.5. The lowest BCUT2D eigenvalue weighted by atomic mass is 9.69. The molecular formula is C42H74O3. The molecule has 0 heterocycles. The Bertz CT molecular complexity index is 779. The highest BCUT2D eigenvalue weighted by Crippen LogP contribution is 2.47. The molecule has 0 aliphatic heterocycles. The molecule has 0 radical (unpaired) electrons. The molecule has 4 aliphatic rings. The predicted octanol–water partition coefficient (Wildman–Crippen LogP) is 11.8. The van der Waals surface area contributed by atoms with Crippen LogP contribution < -0.4 is 0 Å². The Kier molecular flexibility index (Phi) is 15.5. The first-order valence-electron chi connectivity index (χ1n) is 19.8. The molecule has 2 unspecified atom stereocenters. The van der Waals surface area contributed by atoms with Gasteiger partial charge in [0.05, 0.1) is 11.2 Å². The molecule has 3 nitrogen and oxygen atoms in total. The van der Waals surface area contributed by atoms with Gasteiger partial charge in [0.25, 0.3) is 0 Å². The summed E-state index contributed by atoms with van der Waals surface area (Å²) < 4.78 is 18.3. The second-order valence-corrected chi connectivity index (χ2v) is 16.7. The zero-order valence-corrected chi connectivity index (χ0v) is 30.7. The van der Waals surface area contributed by atoms with E-state index in [-0.39, 0.29) is 11.2 Å². The molecule has 0 spiro atoms. The van der Waals surface area contributed by atoms with Gasteiger partial charge in [-0.25, -0.2) is 0 Å².